The standard InChI is InChI=1S/C13H22N4O3/c1-9(2)5-16(6-10(3)4)13(20)11-7-17(15-14-11)8-12(18)19/h7,9-10H,5-6,8H2,1-4H3,(H,18,19). The van der Waals surface area contributed by atoms with Crippen molar-refractivity contribution >= 4 is 11.9 Å². The van der Waals surface area contributed by atoms with Crippen LogP contribution in [0.4, 0.5) is 0 Å². The van der Waals surface area contributed by atoms with Gasteiger partial charge in [-0.25, -0.2) is 4.68 Å². The predicted octanol–water partition coefficient (Wildman–Crippen LogP) is 1.12. The van der Waals surface area contributed by atoms with Gasteiger partial charge in [-0.3, -0.25) is 9.59 Å². The van der Waals surface area contributed by atoms with Gasteiger partial charge in [0.05, 0.1) is 6.20 Å². The molecule has 0 aromatic carbocycles. The maximum absolute atomic E-state index is 12.4. The fourth-order valence-electron chi connectivity index (χ4n) is 1.90. The Hall–Kier alpha value is -1.92. The van der Waals surface area contributed by atoms with Crippen molar-refractivity contribution in [3.63, 3.8) is 0 Å². The Kier molecular flexibility index (Phi) is 5.66. The highest BCUT2D eigenvalue weighted by Gasteiger charge is 2.21. The minimum Gasteiger partial charge on any atom is -0.480 e. The van der Waals surface area contributed by atoms with E-state index in [1.54, 1.807) is 4.90 Å². The van der Waals surface area contributed by atoms with Gasteiger partial charge < -0.3 is 10.0 Å². The summed E-state index contributed by atoms with van der Waals surface area (Å²) in [5, 5.41) is 16.1. The first-order valence-electron chi connectivity index (χ1n) is 6.70. The van der Waals surface area contributed by atoms with E-state index in [0.717, 1.165) is 4.68 Å². The van der Waals surface area contributed by atoms with Crippen LogP contribution in [0.25, 0.3) is 0 Å². The van der Waals surface area contributed by atoms with Crippen LogP contribution in [0.3, 0.4) is 0 Å². The lowest BCUT2D eigenvalue weighted by atomic mass is 10.1. The van der Waals surface area contributed by atoms with E-state index in [9.17, 15) is 9.59 Å². The average molecular weight is 282 g/mol. The van der Waals surface area contributed by atoms with Crippen LogP contribution < -0.4 is 0 Å². The molecular weight excluding hydrogens is 260 g/mol. The Morgan fingerprint density at radius 2 is 1.80 bits per heavy atom. The van der Waals surface area contributed by atoms with E-state index >= 15 is 0 Å². The Labute approximate surface area is 118 Å². The number of hydrogen-bond donors (Lipinski definition) is 1. The summed E-state index contributed by atoms with van der Waals surface area (Å²) in [6.45, 7) is 9.16. The van der Waals surface area contributed by atoms with Crippen LogP contribution in [0, 0.1) is 11.8 Å². The average Bonchev–Trinajstić information content (AvgIpc) is 2.73. The molecule has 0 aliphatic heterocycles. The summed E-state index contributed by atoms with van der Waals surface area (Å²) < 4.78 is 1.15. The van der Waals surface area contributed by atoms with Crippen LogP contribution >= 0.6 is 0 Å². The van der Waals surface area contributed by atoms with Crippen molar-refractivity contribution in [3.05, 3.63) is 11.9 Å². The number of aromatic nitrogens is 3. The zero-order chi connectivity index (χ0) is 15.3. The highest BCUT2D eigenvalue weighted by Crippen LogP contribution is 2.08. The molecule has 0 spiro atoms. The second-order valence-electron chi connectivity index (χ2n) is 5.69. The summed E-state index contributed by atoms with van der Waals surface area (Å²) in [5.41, 5.74) is 0.188. The molecule has 0 aliphatic carbocycles. The number of carboxylic acids is 1. The lowest BCUT2D eigenvalue weighted by Crippen LogP contribution is -2.37. The van der Waals surface area contributed by atoms with Gasteiger partial charge in [0.15, 0.2) is 5.69 Å². The molecule has 0 radical (unpaired) electrons. The molecule has 1 amide bonds. The van der Waals surface area contributed by atoms with Gasteiger partial charge in [-0.15, -0.1) is 5.10 Å². The third-order valence-corrected chi connectivity index (χ3v) is 2.51. The smallest absolute Gasteiger partial charge is 0.325 e. The Morgan fingerprint density at radius 1 is 1.25 bits per heavy atom. The third-order valence-electron chi connectivity index (χ3n) is 2.51. The highest BCUT2D eigenvalue weighted by molar-refractivity contribution is 5.92. The Morgan fingerprint density at radius 3 is 2.25 bits per heavy atom. The van der Waals surface area contributed by atoms with Crippen LogP contribution in [0.5, 0.6) is 0 Å². The van der Waals surface area contributed by atoms with Crippen molar-refractivity contribution in [2.45, 2.75) is 34.2 Å². The molecule has 1 heterocycles. The van der Waals surface area contributed by atoms with Gasteiger partial charge >= 0.3 is 5.97 Å². The maximum atomic E-state index is 12.4. The number of amides is 1. The summed E-state index contributed by atoms with van der Waals surface area (Å²) >= 11 is 0. The zero-order valence-electron chi connectivity index (χ0n) is 12.4. The largest absolute Gasteiger partial charge is 0.480 e. The fraction of sp³-hybridized carbons (Fsp3) is 0.692. The molecule has 1 N–H and O–H groups in total. The quantitative estimate of drug-likeness (QED) is 0.809. The van der Waals surface area contributed by atoms with E-state index < -0.39 is 5.97 Å². The summed E-state index contributed by atoms with van der Waals surface area (Å²) in [4.78, 5) is 24.7. The summed E-state index contributed by atoms with van der Waals surface area (Å²) in [7, 11) is 0. The zero-order valence-corrected chi connectivity index (χ0v) is 12.4. The van der Waals surface area contributed by atoms with Crippen LogP contribution in [-0.2, 0) is 11.3 Å². The van der Waals surface area contributed by atoms with Crippen LogP contribution in [-0.4, -0.2) is 50.0 Å². The second kappa shape index (κ2) is 7.02. The van der Waals surface area contributed by atoms with E-state index in [4.69, 9.17) is 5.11 Å². The normalized spacial score (nSPS) is 11.1. The third kappa shape index (κ3) is 4.99. The molecule has 0 fully saturated rings. The first kappa shape index (κ1) is 16.1. The van der Waals surface area contributed by atoms with Crippen molar-refractivity contribution in [3.8, 4) is 0 Å². The molecule has 7 heteroatoms. The van der Waals surface area contributed by atoms with Crippen LogP contribution in [0.1, 0.15) is 38.2 Å². The van der Waals surface area contributed by atoms with Gasteiger partial charge in [0.1, 0.15) is 6.54 Å². The topological polar surface area (TPSA) is 88.3 Å². The lowest BCUT2D eigenvalue weighted by molar-refractivity contribution is -0.137. The summed E-state index contributed by atoms with van der Waals surface area (Å²) in [6, 6.07) is 0. The predicted molar refractivity (Wildman–Crippen MR) is 73.2 cm³/mol. The monoisotopic (exact) mass is 282 g/mol. The van der Waals surface area contributed by atoms with Gasteiger partial charge in [0, 0.05) is 13.1 Å². The number of nitrogens with zero attached hydrogens (tertiary/aromatic N) is 4. The number of aliphatic carboxylic acids is 1. The SMILES string of the molecule is CC(C)CN(CC(C)C)C(=O)c1cn(CC(=O)O)nn1. The molecule has 1 aromatic rings. The van der Waals surface area contributed by atoms with E-state index in [1.165, 1.54) is 6.20 Å². The molecule has 0 aliphatic rings. The van der Waals surface area contributed by atoms with Crippen molar-refractivity contribution in [2.75, 3.05) is 13.1 Å². The van der Waals surface area contributed by atoms with Crippen molar-refractivity contribution in [2.24, 2.45) is 11.8 Å². The first-order chi connectivity index (χ1) is 9.29. The summed E-state index contributed by atoms with van der Waals surface area (Å²) in [5.74, 6) is -0.516. The maximum Gasteiger partial charge on any atom is 0.325 e. The van der Waals surface area contributed by atoms with E-state index in [1.807, 2.05) is 27.7 Å². The summed E-state index contributed by atoms with van der Waals surface area (Å²) in [6.07, 6.45) is 1.38. The fourth-order valence-corrected chi connectivity index (χ4v) is 1.90. The highest BCUT2D eigenvalue weighted by atomic mass is 16.4. The molecule has 7 nitrogen and oxygen atoms in total. The molecular formula is C13H22N4O3. The van der Waals surface area contributed by atoms with E-state index in [0.29, 0.717) is 24.9 Å². The lowest BCUT2D eigenvalue weighted by Gasteiger charge is -2.25. The Bertz CT molecular complexity index is 458. The molecule has 0 saturated heterocycles. The van der Waals surface area contributed by atoms with Gasteiger partial charge in [-0.1, -0.05) is 32.9 Å². The van der Waals surface area contributed by atoms with Gasteiger partial charge in [0.25, 0.3) is 5.91 Å². The van der Waals surface area contributed by atoms with E-state index in [2.05, 4.69) is 10.3 Å². The molecule has 1 aromatic heterocycles. The Balaban J connectivity index is 2.82. The number of carbonyl (C=O) groups is 2. The minimum atomic E-state index is -1.02. The minimum absolute atomic E-state index is 0.188. The van der Waals surface area contributed by atoms with Crippen LogP contribution in [0.2, 0.25) is 0 Å². The number of carboxylic acid groups (broad SMARTS) is 1. The van der Waals surface area contributed by atoms with Crippen molar-refractivity contribution in [1.29, 1.82) is 0 Å². The second-order valence-corrected chi connectivity index (χ2v) is 5.69. The number of rotatable bonds is 7. The molecule has 0 bridgehead atoms. The van der Waals surface area contributed by atoms with Crippen LogP contribution in [0.15, 0.2) is 6.20 Å². The molecule has 0 saturated carbocycles. The van der Waals surface area contributed by atoms with Crippen molar-refractivity contribution in [1.82, 2.24) is 19.9 Å². The number of carbonyl (C=O) groups excluding carboxylic acids is 1. The molecule has 0 atom stereocenters. The van der Waals surface area contributed by atoms with Gasteiger partial charge in [-0.05, 0) is 11.8 Å². The first-order valence-corrected chi connectivity index (χ1v) is 6.70. The van der Waals surface area contributed by atoms with Gasteiger partial charge in [0.2, 0.25) is 0 Å². The molecule has 0 unspecified atom stereocenters. The van der Waals surface area contributed by atoms with Crippen molar-refractivity contribution < 1.29 is 14.7 Å². The number of hydrogen-bond acceptors (Lipinski definition) is 4. The molecule has 20 heavy (non-hydrogen) atoms. The van der Waals surface area contributed by atoms with Gasteiger partial charge in [-0.2, -0.15) is 0 Å². The van der Waals surface area contributed by atoms with E-state index in [-0.39, 0.29) is 18.1 Å². The molecule has 1 rings (SSSR count). The molecule has 112 valence electrons.